The summed E-state index contributed by atoms with van der Waals surface area (Å²) in [7, 11) is 0.617. The lowest BCUT2D eigenvalue weighted by Crippen LogP contribution is -2.32. The fourth-order valence-corrected chi connectivity index (χ4v) is 4.32. The average Bonchev–Trinajstić information content (AvgIpc) is 2.73. The molecule has 1 aromatic carbocycles. The zero-order chi connectivity index (χ0) is 13.3. The molecule has 0 bridgehead atoms. The molecule has 1 N–H and O–H groups in total. The zero-order valence-corrected chi connectivity index (χ0v) is 11.3. The van der Waals surface area contributed by atoms with Crippen LogP contribution in [0, 0.1) is 17.6 Å². The van der Waals surface area contributed by atoms with Gasteiger partial charge in [0.15, 0.2) is 11.6 Å². The summed E-state index contributed by atoms with van der Waals surface area (Å²) in [5, 5.41) is 3.21. The van der Waals surface area contributed by atoms with E-state index in [1.807, 2.05) is 7.05 Å². The van der Waals surface area contributed by atoms with Gasteiger partial charge in [-0.2, -0.15) is 0 Å². The fraction of sp³-hybridized carbons (Fsp3) is 0.538. The maximum absolute atomic E-state index is 13.1. The Morgan fingerprint density at radius 1 is 1.28 bits per heavy atom. The smallest absolute Gasteiger partial charge is 0.160 e. The molecule has 1 aliphatic rings. The van der Waals surface area contributed by atoms with Gasteiger partial charge in [-0.3, -0.25) is 4.21 Å². The lowest BCUT2D eigenvalue weighted by molar-refractivity contribution is 0.460. The van der Waals surface area contributed by atoms with Crippen LogP contribution in [0.5, 0.6) is 0 Å². The minimum atomic E-state index is -1.28. The molecule has 1 aliphatic carbocycles. The van der Waals surface area contributed by atoms with Crippen molar-refractivity contribution in [3.8, 4) is 0 Å². The molecular formula is C13H17F2NOS. The van der Waals surface area contributed by atoms with Crippen LogP contribution < -0.4 is 5.32 Å². The molecule has 4 atom stereocenters. The molecule has 0 heterocycles. The second-order valence-electron chi connectivity index (χ2n) is 4.74. The summed E-state index contributed by atoms with van der Waals surface area (Å²) >= 11 is 0. The fourth-order valence-electron chi connectivity index (χ4n) is 2.61. The SMILES string of the molecule is CNC1CCC(S(=O)c2ccc(F)c(F)c2)C1C. The van der Waals surface area contributed by atoms with Gasteiger partial charge in [0.05, 0.1) is 10.8 Å². The Kier molecular flexibility index (Phi) is 4.12. The van der Waals surface area contributed by atoms with Crippen molar-refractivity contribution in [1.82, 2.24) is 5.32 Å². The summed E-state index contributed by atoms with van der Waals surface area (Å²) in [6.45, 7) is 2.05. The van der Waals surface area contributed by atoms with Gasteiger partial charge in [-0.25, -0.2) is 8.78 Å². The van der Waals surface area contributed by atoms with Crippen LogP contribution in [0.3, 0.4) is 0 Å². The summed E-state index contributed by atoms with van der Waals surface area (Å²) in [6.07, 6.45) is 1.82. The quantitative estimate of drug-likeness (QED) is 0.916. The van der Waals surface area contributed by atoms with Gasteiger partial charge in [-0.1, -0.05) is 6.92 Å². The Bertz CT molecular complexity index is 466. The first-order valence-corrected chi connectivity index (χ1v) is 7.28. The summed E-state index contributed by atoms with van der Waals surface area (Å²) in [6, 6.07) is 3.85. The largest absolute Gasteiger partial charge is 0.317 e. The van der Waals surface area contributed by atoms with Crippen LogP contribution in [0.4, 0.5) is 8.78 Å². The highest BCUT2D eigenvalue weighted by Crippen LogP contribution is 2.32. The van der Waals surface area contributed by atoms with Crippen molar-refractivity contribution in [2.75, 3.05) is 7.05 Å². The normalized spacial score (nSPS) is 29.4. The summed E-state index contributed by atoms with van der Waals surface area (Å²) in [4.78, 5) is 0.377. The van der Waals surface area contributed by atoms with Crippen molar-refractivity contribution >= 4 is 10.8 Å². The van der Waals surface area contributed by atoms with Crippen LogP contribution in [0.25, 0.3) is 0 Å². The van der Waals surface area contributed by atoms with E-state index in [2.05, 4.69) is 12.2 Å². The highest BCUT2D eigenvalue weighted by molar-refractivity contribution is 7.85. The van der Waals surface area contributed by atoms with Gasteiger partial charge in [0.1, 0.15) is 0 Å². The molecule has 0 aromatic heterocycles. The van der Waals surface area contributed by atoms with Gasteiger partial charge >= 0.3 is 0 Å². The molecule has 100 valence electrons. The highest BCUT2D eigenvalue weighted by Gasteiger charge is 2.36. The number of benzene rings is 1. The van der Waals surface area contributed by atoms with Crippen molar-refractivity contribution < 1.29 is 13.0 Å². The third kappa shape index (κ3) is 2.47. The number of hydrogen-bond acceptors (Lipinski definition) is 2. The molecule has 4 unspecified atom stereocenters. The van der Waals surface area contributed by atoms with E-state index in [-0.39, 0.29) is 11.2 Å². The Morgan fingerprint density at radius 3 is 2.56 bits per heavy atom. The number of hydrogen-bond donors (Lipinski definition) is 1. The number of halogens is 2. The molecule has 2 nitrogen and oxygen atoms in total. The van der Waals surface area contributed by atoms with E-state index in [4.69, 9.17) is 0 Å². The minimum Gasteiger partial charge on any atom is -0.317 e. The molecule has 0 saturated heterocycles. The van der Waals surface area contributed by atoms with Gasteiger partial charge in [0.25, 0.3) is 0 Å². The Balaban J connectivity index is 2.19. The first-order chi connectivity index (χ1) is 8.54. The maximum atomic E-state index is 13.1. The molecule has 2 rings (SSSR count). The third-order valence-corrected chi connectivity index (χ3v) is 5.69. The van der Waals surface area contributed by atoms with E-state index >= 15 is 0 Å². The van der Waals surface area contributed by atoms with Gasteiger partial charge in [0.2, 0.25) is 0 Å². The molecule has 0 amide bonds. The van der Waals surface area contributed by atoms with E-state index < -0.39 is 22.4 Å². The molecule has 5 heteroatoms. The van der Waals surface area contributed by atoms with Gasteiger partial charge in [-0.05, 0) is 44.0 Å². The molecule has 0 aliphatic heterocycles. The highest BCUT2D eigenvalue weighted by atomic mass is 32.2. The molecular weight excluding hydrogens is 256 g/mol. The Morgan fingerprint density at radius 2 is 2.00 bits per heavy atom. The number of rotatable bonds is 3. The van der Waals surface area contributed by atoms with Gasteiger partial charge in [-0.15, -0.1) is 0 Å². The molecule has 1 saturated carbocycles. The molecule has 1 aromatic rings. The number of nitrogens with one attached hydrogen (secondary N) is 1. The van der Waals surface area contributed by atoms with Crippen molar-refractivity contribution in [3.05, 3.63) is 29.8 Å². The monoisotopic (exact) mass is 273 g/mol. The van der Waals surface area contributed by atoms with Crippen molar-refractivity contribution in [1.29, 1.82) is 0 Å². The van der Waals surface area contributed by atoms with E-state index in [0.717, 1.165) is 25.0 Å². The van der Waals surface area contributed by atoms with E-state index in [1.54, 1.807) is 0 Å². The summed E-state index contributed by atoms with van der Waals surface area (Å²) in [5.74, 6) is -1.57. The lowest BCUT2D eigenvalue weighted by Gasteiger charge is -2.19. The molecule has 0 radical (unpaired) electrons. The topological polar surface area (TPSA) is 29.1 Å². The summed E-state index contributed by atoms with van der Waals surface area (Å²) in [5.41, 5.74) is 0. The van der Waals surface area contributed by atoms with Crippen LogP contribution in [0.1, 0.15) is 19.8 Å². The predicted molar refractivity (Wildman–Crippen MR) is 67.8 cm³/mol. The molecule has 0 spiro atoms. The van der Waals surface area contributed by atoms with E-state index in [0.29, 0.717) is 10.9 Å². The average molecular weight is 273 g/mol. The first-order valence-electron chi connectivity index (χ1n) is 6.07. The second kappa shape index (κ2) is 5.45. The van der Waals surface area contributed by atoms with Gasteiger partial charge in [0, 0.05) is 16.2 Å². The van der Waals surface area contributed by atoms with Crippen LogP contribution in [-0.4, -0.2) is 22.5 Å². The summed E-state index contributed by atoms with van der Waals surface area (Å²) < 4.78 is 38.4. The zero-order valence-electron chi connectivity index (χ0n) is 10.5. The van der Waals surface area contributed by atoms with E-state index in [9.17, 15) is 13.0 Å². The van der Waals surface area contributed by atoms with Crippen molar-refractivity contribution in [2.24, 2.45) is 5.92 Å². The van der Waals surface area contributed by atoms with Crippen LogP contribution in [0.2, 0.25) is 0 Å². The lowest BCUT2D eigenvalue weighted by atomic mass is 10.1. The van der Waals surface area contributed by atoms with Crippen molar-refractivity contribution in [2.45, 2.75) is 36.0 Å². The third-order valence-electron chi connectivity index (χ3n) is 3.75. The predicted octanol–water partition coefficient (Wildman–Crippen LogP) is 2.46. The van der Waals surface area contributed by atoms with Crippen LogP contribution in [-0.2, 0) is 10.8 Å². The standard InChI is InChI=1S/C13H17F2NOS/c1-8-12(16-2)5-6-13(8)18(17)9-3-4-10(14)11(15)7-9/h3-4,7-8,12-13,16H,5-6H2,1-2H3. The molecule has 18 heavy (non-hydrogen) atoms. The van der Waals surface area contributed by atoms with Crippen LogP contribution in [0.15, 0.2) is 23.1 Å². The van der Waals surface area contributed by atoms with Gasteiger partial charge < -0.3 is 5.32 Å². The molecule has 1 fully saturated rings. The first kappa shape index (κ1) is 13.6. The minimum absolute atomic E-state index is 0.00677. The van der Waals surface area contributed by atoms with E-state index in [1.165, 1.54) is 6.07 Å². The second-order valence-corrected chi connectivity index (χ2v) is 6.42. The Labute approximate surface area is 108 Å². The maximum Gasteiger partial charge on any atom is 0.160 e. The van der Waals surface area contributed by atoms with Crippen molar-refractivity contribution in [3.63, 3.8) is 0 Å². The van der Waals surface area contributed by atoms with Crippen LogP contribution >= 0.6 is 0 Å². The Hall–Kier alpha value is -0.810.